The molecule has 3 rings (SSSR count). The quantitative estimate of drug-likeness (QED) is 0.390. The van der Waals surface area contributed by atoms with Crippen LogP contribution in [0, 0.1) is 11.8 Å². The number of alkyl halides is 6. The Morgan fingerprint density at radius 3 is 1.58 bits per heavy atom. The summed E-state index contributed by atoms with van der Waals surface area (Å²) in [5.74, 6) is 0. The van der Waals surface area contributed by atoms with Crippen molar-refractivity contribution in [3.63, 3.8) is 0 Å². The van der Waals surface area contributed by atoms with Gasteiger partial charge in [-0.3, -0.25) is 0 Å². The highest BCUT2D eigenvalue weighted by Crippen LogP contribution is 2.47. The van der Waals surface area contributed by atoms with Crippen molar-refractivity contribution in [3.05, 3.63) is 70.1 Å². The molecule has 0 atom stereocenters. The second kappa shape index (κ2) is 7.14. The van der Waals surface area contributed by atoms with Crippen molar-refractivity contribution in [2.24, 2.45) is 5.41 Å². The van der Waals surface area contributed by atoms with Gasteiger partial charge >= 0.3 is 12.4 Å². The average molecular weight is 439 g/mol. The maximum absolute atomic E-state index is 13.5. The van der Waals surface area contributed by atoms with Crippen LogP contribution in [0.2, 0.25) is 0 Å². The molecule has 1 aliphatic rings. The molecule has 0 fully saturated rings. The standard InChI is InChI=1S/C25H25F6/c1-22(2,3)16-9-14-7-8-20(23(4,5)6)21(19(14)13-16)15-10-17(24(26,27)28)12-18(11-15)25(29,30)31/h7-13H,1-6H3. The Balaban J connectivity index is 2.40. The van der Waals surface area contributed by atoms with Crippen LogP contribution in [-0.2, 0) is 17.8 Å². The van der Waals surface area contributed by atoms with Crippen molar-refractivity contribution >= 4 is 6.08 Å². The second-order valence-corrected chi connectivity index (χ2v) is 10.0. The van der Waals surface area contributed by atoms with Crippen LogP contribution >= 0.6 is 0 Å². The lowest BCUT2D eigenvalue weighted by molar-refractivity contribution is -0.143. The summed E-state index contributed by atoms with van der Waals surface area (Å²) in [6.45, 7) is 11.7. The fourth-order valence-electron chi connectivity index (χ4n) is 3.75. The molecule has 0 N–H and O–H groups in total. The molecule has 0 unspecified atom stereocenters. The van der Waals surface area contributed by atoms with E-state index in [1.807, 2.05) is 60.1 Å². The van der Waals surface area contributed by atoms with Crippen LogP contribution in [0.4, 0.5) is 26.3 Å². The van der Waals surface area contributed by atoms with Crippen molar-refractivity contribution in [3.8, 4) is 11.1 Å². The van der Waals surface area contributed by atoms with E-state index < -0.39 is 28.9 Å². The van der Waals surface area contributed by atoms with Crippen molar-refractivity contribution in [1.82, 2.24) is 0 Å². The third-order valence-corrected chi connectivity index (χ3v) is 5.44. The largest absolute Gasteiger partial charge is 0.416 e. The maximum atomic E-state index is 13.5. The van der Waals surface area contributed by atoms with E-state index in [1.165, 1.54) is 0 Å². The first-order valence-electron chi connectivity index (χ1n) is 9.93. The summed E-state index contributed by atoms with van der Waals surface area (Å²) < 4.78 is 81.0. The maximum Gasteiger partial charge on any atom is 0.416 e. The Morgan fingerprint density at radius 2 is 1.16 bits per heavy atom. The summed E-state index contributed by atoms with van der Waals surface area (Å²) in [5.41, 5.74) is 0.118. The van der Waals surface area contributed by atoms with E-state index in [2.05, 4.69) is 0 Å². The molecule has 0 amide bonds. The third-order valence-electron chi connectivity index (χ3n) is 5.44. The van der Waals surface area contributed by atoms with Crippen LogP contribution in [0.5, 0.6) is 0 Å². The molecule has 2 aromatic carbocycles. The Labute approximate surface area is 179 Å². The molecule has 31 heavy (non-hydrogen) atoms. The number of allylic oxidation sites excluding steroid dienone is 1. The number of halogens is 6. The van der Waals surface area contributed by atoms with Gasteiger partial charge in [0.05, 0.1) is 11.1 Å². The molecule has 167 valence electrons. The van der Waals surface area contributed by atoms with Gasteiger partial charge in [0.2, 0.25) is 0 Å². The molecular weight excluding hydrogens is 414 g/mol. The zero-order chi connectivity index (χ0) is 23.6. The lowest BCUT2D eigenvalue weighted by Crippen LogP contribution is -2.15. The molecule has 2 aromatic rings. The van der Waals surface area contributed by atoms with Gasteiger partial charge in [0.1, 0.15) is 0 Å². The van der Waals surface area contributed by atoms with Gasteiger partial charge in [0.15, 0.2) is 0 Å². The van der Waals surface area contributed by atoms with Crippen molar-refractivity contribution in [2.45, 2.75) is 59.3 Å². The van der Waals surface area contributed by atoms with Gasteiger partial charge in [-0.05, 0) is 56.8 Å². The molecule has 0 heterocycles. The van der Waals surface area contributed by atoms with Crippen LogP contribution in [0.25, 0.3) is 17.2 Å². The first-order chi connectivity index (χ1) is 13.9. The van der Waals surface area contributed by atoms with E-state index in [9.17, 15) is 26.3 Å². The van der Waals surface area contributed by atoms with E-state index in [0.29, 0.717) is 16.7 Å². The average Bonchev–Trinajstić information content (AvgIpc) is 3.02. The SMILES string of the molecule is CC(C)(C)C1=Cc2c(ccc(C(C)(C)C)c2-c2cc(C(F)(F)F)cc(C(F)(F)F)c2)[CH]1. The van der Waals surface area contributed by atoms with E-state index in [0.717, 1.165) is 23.3 Å². The van der Waals surface area contributed by atoms with Gasteiger partial charge in [0.25, 0.3) is 0 Å². The van der Waals surface area contributed by atoms with E-state index in [-0.39, 0.29) is 17.0 Å². The van der Waals surface area contributed by atoms with Gasteiger partial charge in [0, 0.05) is 6.42 Å². The molecular formula is C25H25F6. The van der Waals surface area contributed by atoms with Gasteiger partial charge in [-0.1, -0.05) is 65.3 Å². The first kappa shape index (κ1) is 23.4. The fraction of sp³-hybridized carbons (Fsp3) is 0.400. The van der Waals surface area contributed by atoms with Gasteiger partial charge in [-0.2, -0.15) is 26.3 Å². The van der Waals surface area contributed by atoms with Crippen LogP contribution in [0.3, 0.4) is 0 Å². The van der Waals surface area contributed by atoms with Gasteiger partial charge < -0.3 is 0 Å². The molecule has 0 aromatic heterocycles. The normalized spacial score (nSPS) is 15.2. The Bertz CT molecular complexity index is 1010. The van der Waals surface area contributed by atoms with Crippen molar-refractivity contribution < 1.29 is 26.3 Å². The molecule has 0 aliphatic heterocycles. The smallest absolute Gasteiger partial charge is 0.166 e. The number of benzene rings is 2. The minimum absolute atomic E-state index is 0.0799. The summed E-state index contributed by atoms with van der Waals surface area (Å²) in [5, 5.41) is 0. The molecule has 0 saturated carbocycles. The number of rotatable bonds is 1. The Morgan fingerprint density at radius 1 is 0.645 bits per heavy atom. The van der Waals surface area contributed by atoms with E-state index in [4.69, 9.17) is 0 Å². The van der Waals surface area contributed by atoms with Crippen molar-refractivity contribution in [2.75, 3.05) is 0 Å². The number of hydrogen-bond donors (Lipinski definition) is 0. The number of hydrogen-bond acceptors (Lipinski definition) is 0. The molecule has 0 bridgehead atoms. The second-order valence-electron chi connectivity index (χ2n) is 10.0. The summed E-state index contributed by atoms with van der Waals surface area (Å²) in [6, 6.07) is 5.50. The van der Waals surface area contributed by atoms with Gasteiger partial charge in [-0.15, -0.1) is 0 Å². The fourth-order valence-corrected chi connectivity index (χ4v) is 3.75. The highest BCUT2D eigenvalue weighted by atomic mass is 19.4. The summed E-state index contributed by atoms with van der Waals surface area (Å²) in [4.78, 5) is 0. The molecule has 0 nitrogen and oxygen atoms in total. The van der Waals surface area contributed by atoms with Crippen LogP contribution in [0.15, 0.2) is 35.9 Å². The highest BCUT2D eigenvalue weighted by molar-refractivity contribution is 5.86. The molecule has 0 spiro atoms. The Kier molecular flexibility index (Phi) is 5.40. The van der Waals surface area contributed by atoms with Crippen molar-refractivity contribution in [1.29, 1.82) is 0 Å². The molecule has 0 saturated heterocycles. The molecule has 6 heteroatoms. The predicted molar refractivity (Wildman–Crippen MR) is 111 cm³/mol. The lowest BCUT2D eigenvalue weighted by Gasteiger charge is -2.26. The topological polar surface area (TPSA) is 0 Å². The summed E-state index contributed by atoms with van der Waals surface area (Å²) in [7, 11) is 0. The number of fused-ring (bicyclic) bond motifs is 1. The van der Waals surface area contributed by atoms with Gasteiger partial charge in [-0.25, -0.2) is 0 Å². The monoisotopic (exact) mass is 439 g/mol. The minimum atomic E-state index is -4.89. The zero-order valence-electron chi connectivity index (χ0n) is 18.3. The molecule has 1 radical (unpaired) electrons. The minimum Gasteiger partial charge on any atom is -0.166 e. The Hall–Kier alpha value is -2.24. The zero-order valence-corrected chi connectivity index (χ0v) is 18.3. The van der Waals surface area contributed by atoms with Crippen LogP contribution in [-0.4, -0.2) is 0 Å². The van der Waals surface area contributed by atoms with E-state index in [1.54, 1.807) is 6.07 Å². The summed E-state index contributed by atoms with van der Waals surface area (Å²) >= 11 is 0. The van der Waals surface area contributed by atoms with E-state index >= 15 is 0 Å². The third kappa shape index (κ3) is 4.68. The predicted octanol–water partition coefficient (Wildman–Crippen LogP) is 8.68. The lowest BCUT2D eigenvalue weighted by atomic mass is 9.78. The first-order valence-corrected chi connectivity index (χ1v) is 9.93. The van der Waals surface area contributed by atoms with Crippen LogP contribution < -0.4 is 0 Å². The summed E-state index contributed by atoms with van der Waals surface area (Å²) in [6.07, 6.45) is -5.96. The molecule has 1 aliphatic carbocycles. The van der Waals surface area contributed by atoms with Crippen LogP contribution in [0.1, 0.15) is 69.4 Å². The highest BCUT2D eigenvalue weighted by Gasteiger charge is 2.38.